The Labute approximate surface area is 197 Å². The summed E-state index contributed by atoms with van der Waals surface area (Å²) >= 11 is 1.96. The van der Waals surface area contributed by atoms with Gasteiger partial charge in [0, 0.05) is 37.5 Å². The van der Waals surface area contributed by atoms with Crippen molar-refractivity contribution in [2.24, 2.45) is 5.92 Å². The van der Waals surface area contributed by atoms with Crippen LogP contribution in [0.15, 0.2) is 118 Å². The second-order valence-corrected chi connectivity index (χ2v) is 10.7. The average molecular weight is 442 g/mol. The van der Waals surface area contributed by atoms with Gasteiger partial charge in [0.2, 0.25) is 0 Å². The lowest BCUT2D eigenvalue weighted by Gasteiger charge is -2.42. The minimum atomic E-state index is -0.189. The molecule has 0 saturated heterocycles. The van der Waals surface area contributed by atoms with E-state index in [1.807, 2.05) is 11.8 Å². The van der Waals surface area contributed by atoms with Crippen molar-refractivity contribution in [1.29, 1.82) is 0 Å². The van der Waals surface area contributed by atoms with Gasteiger partial charge in [-0.25, -0.2) is 0 Å². The third kappa shape index (κ3) is 2.16. The molecule has 0 radical (unpaired) electrons. The first-order valence-electron chi connectivity index (χ1n) is 12.0. The van der Waals surface area contributed by atoms with Crippen molar-refractivity contribution in [2.45, 2.75) is 34.5 Å². The van der Waals surface area contributed by atoms with Crippen LogP contribution in [0, 0.1) is 5.92 Å². The molecule has 1 aliphatic heterocycles. The zero-order chi connectivity index (χ0) is 21.6. The first-order chi connectivity index (χ1) is 16.4. The maximum absolute atomic E-state index is 3.68. The van der Waals surface area contributed by atoms with Crippen molar-refractivity contribution in [3.63, 3.8) is 0 Å². The molecule has 158 valence electrons. The van der Waals surface area contributed by atoms with E-state index in [2.05, 4.69) is 96.0 Å². The van der Waals surface area contributed by atoms with Gasteiger partial charge in [0.25, 0.3) is 0 Å². The van der Waals surface area contributed by atoms with E-state index in [-0.39, 0.29) is 5.41 Å². The fourth-order valence-corrected chi connectivity index (χ4v) is 8.29. The van der Waals surface area contributed by atoms with Crippen LogP contribution in [0.25, 0.3) is 21.8 Å². The van der Waals surface area contributed by atoms with Crippen molar-refractivity contribution < 1.29 is 0 Å². The van der Waals surface area contributed by atoms with Gasteiger partial charge < -0.3 is 4.98 Å². The van der Waals surface area contributed by atoms with E-state index in [0.29, 0.717) is 5.92 Å². The molecule has 4 aromatic rings. The van der Waals surface area contributed by atoms with Gasteiger partial charge >= 0.3 is 0 Å². The Kier molecular flexibility index (Phi) is 3.55. The fraction of sp³-hybridized carbons (Fsp3) is 0.161. The van der Waals surface area contributed by atoms with Crippen molar-refractivity contribution in [2.75, 3.05) is 0 Å². The highest BCUT2D eigenvalue weighted by atomic mass is 32.2. The molecule has 2 unspecified atom stereocenters. The minimum absolute atomic E-state index is 0.189. The van der Waals surface area contributed by atoms with Gasteiger partial charge in [-0.3, -0.25) is 0 Å². The summed E-state index contributed by atoms with van der Waals surface area (Å²) in [5.41, 5.74) is 9.98. The number of nitrogens with one attached hydrogen (secondary N) is 1. The van der Waals surface area contributed by atoms with Gasteiger partial charge in [0.1, 0.15) is 0 Å². The van der Waals surface area contributed by atoms with Gasteiger partial charge in [-0.15, -0.1) is 0 Å². The number of para-hydroxylation sites is 1. The first kappa shape index (κ1) is 18.2. The smallest absolute Gasteiger partial charge is 0.0692 e. The molecule has 2 heteroatoms. The molecule has 0 bridgehead atoms. The Balaban J connectivity index is 1.57. The molecular formula is C31H23NS. The van der Waals surface area contributed by atoms with Crippen LogP contribution in [-0.2, 0) is 5.41 Å². The summed E-state index contributed by atoms with van der Waals surface area (Å²) in [7, 11) is 0. The number of allylic oxidation sites excluding steroid dienone is 8. The van der Waals surface area contributed by atoms with Crippen LogP contribution in [0.5, 0.6) is 0 Å². The molecule has 2 heterocycles. The van der Waals surface area contributed by atoms with Gasteiger partial charge in [-0.2, -0.15) is 0 Å². The lowest BCUT2D eigenvalue weighted by molar-refractivity contribution is 0.625. The Morgan fingerprint density at radius 2 is 1.79 bits per heavy atom. The van der Waals surface area contributed by atoms with Crippen molar-refractivity contribution >= 4 is 33.6 Å². The summed E-state index contributed by atoms with van der Waals surface area (Å²) in [5, 5.41) is 2.70. The highest BCUT2D eigenvalue weighted by Gasteiger charge is 2.54. The van der Waals surface area contributed by atoms with E-state index in [9.17, 15) is 0 Å². The first-order valence-corrected chi connectivity index (χ1v) is 12.8. The number of fused-ring (bicyclic) bond motifs is 12. The van der Waals surface area contributed by atoms with Crippen molar-refractivity contribution in [3.8, 4) is 0 Å². The minimum Gasteiger partial charge on any atom is -0.354 e. The maximum atomic E-state index is 3.68. The molecule has 3 aromatic carbocycles. The lowest BCUT2D eigenvalue weighted by atomic mass is 9.64. The molecule has 0 fully saturated rings. The number of hydrogen-bond donors (Lipinski definition) is 1. The second-order valence-electron chi connectivity index (χ2n) is 9.60. The number of H-pyrrole nitrogens is 1. The molecule has 33 heavy (non-hydrogen) atoms. The van der Waals surface area contributed by atoms with Gasteiger partial charge in [-0.05, 0) is 59.7 Å². The number of aromatic nitrogens is 1. The Morgan fingerprint density at radius 1 is 0.879 bits per heavy atom. The standard InChI is InChI=1S/C31H23NS/c1-4-12-22-19(9-1)20-10-2-5-13-23(20)31(22)24-14-6-8-16-28(24)33-30-25(31)17-18-27-29(30)21-11-3-7-15-26(21)32-27/h1,3-8,11-19,32H,2,9-10H2. The van der Waals surface area contributed by atoms with E-state index in [1.54, 1.807) is 16.7 Å². The number of aromatic amines is 1. The van der Waals surface area contributed by atoms with Gasteiger partial charge in [0.05, 0.1) is 5.41 Å². The largest absolute Gasteiger partial charge is 0.354 e. The second kappa shape index (κ2) is 6.42. The summed E-state index contributed by atoms with van der Waals surface area (Å²) in [5.74, 6) is 0.526. The van der Waals surface area contributed by atoms with E-state index in [1.165, 1.54) is 49.1 Å². The van der Waals surface area contributed by atoms with E-state index < -0.39 is 0 Å². The molecule has 4 aliphatic rings. The third-order valence-corrected chi connectivity index (χ3v) is 9.36. The Morgan fingerprint density at radius 3 is 2.79 bits per heavy atom. The van der Waals surface area contributed by atoms with E-state index in [0.717, 1.165) is 12.8 Å². The molecule has 1 N–H and O–H groups in total. The van der Waals surface area contributed by atoms with Gasteiger partial charge in [-0.1, -0.05) is 90.2 Å². The maximum Gasteiger partial charge on any atom is 0.0692 e. The molecular weight excluding hydrogens is 418 g/mol. The number of benzene rings is 3. The predicted octanol–water partition coefficient (Wildman–Crippen LogP) is 8.23. The van der Waals surface area contributed by atoms with Crippen molar-refractivity contribution in [3.05, 3.63) is 119 Å². The van der Waals surface area contributed by atoms with Gasteiger partial charge in [0.15, 0.2) is 0 Å². The normalized spacial score (nSPS) is 24.7. The summed E-state index contributed by atoms with van der Waals surface area (Å²) in [6.45, 7) is 0. The third-order valence-electron chi connectivity index (χ3n) is 8.16. The zero-order valence-electron chi connectivity index (χ0n) is 18.3. The molecule has 1 aromatic heterocycles. The summed E-state index contributed by atoms with van der Waals surface area (Å²) in [6, 6.07) is 22.7. The van der Waals surface area contributed by atoms with Crippen LogP contribution in [-0.4, -0.2) is 4.98 Å². The summed E-state index contributed by atoms with van der Waals surface area (Å²) in [6.07, 6.45) is 15.4. The molecule has 3 aliphatic carbocycles. The topological polar surface area (TPSA) is 15.8 Å². The molecule has 1 nitrogen and oxygen atoms in total. The number of hydrogen-bond acceptors (Lipinski definition) is 1. The fourth-order valence-electron chi connectivity index (χ4n) is 6.94. The van der Waals surface area contributed by atoms with E-state index in [4.69, 9.17) is 0 Å². The lowest BCUT2D eigenvalue weighted by Crippen LogP contribution is -2.34. The Bertz CT molecular complexity index is 1630. The molecule has 1 spiro atoms. The van der Waals surface area contributed by atoms with Crippen LogP contribution in [0.1, 0.15) is 30.4 Å². The van der Waals surface area contributed by atoms with E-state index >= 15 is 0 Å². The monoisotopic (exact) mass is 441 g/mol. The number of rotatable bonds is 0. The van der Waals surface area contributed by atoms with Crippen LogP contribution in [0.2, 0.25) is 0 Å². The molecule has 0 saturated carbocycles. The van der Waals surface area contributed by atoms with Crippen LogP contribution < -0.4 is 0 Å². The predicted molar refractivity (Wildman–Crippen MR) is 138 cm³/mol. The average Bonchev–Trinajstić information content (AvgIpc) is 3.39. The Hall–Kier alpha value is -3.23. The molecule has 0 amide bonds. The van der Waals surface area contributed by atoms with Crippen LogP contribution >= 0.6 is 11.8 Å². The van der Waals surface area contributed by atoms with Crippen LogP contribution in [0.3, 0.4) is 0 Å². The highest BCUT2D eigenvalue weighted by molar-refractivity contribution is 7.99. The quantitative estimate of drug-likeness (QED) is 0.290. The summed E-state index contributed by atoms with van der Waals surface area (Å²) < 4.78 is 0. The van der Waals surface area contributed by atoms with Crippen molar-refractivity contribution in [1.82, 2.24) is 4.98 Å². The highest BCUT2D eigenvalue weighted by Crippen LogP contribution is 2.65. The summed E-state index contributed by atoms with van der Waals surface area (Å²) in [4.78, 5) is 6.49. The SMILES string of the molecule is C1=CCC2C(=C1)C1(C3=C2CCC=C3)c2ccccc2Sc2c1ccc1[nH]c3ccccc3c21. The molecule has 8 rings (SSSR count). The van der Waals surface area contributed by atoms with Crippen LogP contribution in [0.4, 0.5) is 0 Å². The molecule has 2 atom stereocenters. The zero-order valence-corrected chi connectivity index (χ0v) is 19.1.